The van der Waals surface area contributed by atoms with Gasteiger partial charge in [-0.2, -0.15) is 0 Å². The third kappa shape index (κ3) is 1.95. The number of aliphatic hydroxyl groups is 1. The molecule has 0 heterocycles. The van der Waals surface area contributed by atoms with Crippen molar-refractivity contribution in [3.63, 3.8) is 0 Å². The summed E-state index contributed by atoms with van der Waals surface area (Å²) in [4.78, 5) is 0. The smallest absolute Gasteiger partial charge is 0.0499 e. The predicted octanol–water partition coefficient (Wildman–Crippen LogP) is 0.742. The van der Waals surface area contributed by atoms with Gasteiger partial charge in [-0.1, -0.05) is 13.8 Å². The summed E-state index contributed by atoms with van der Waals surface area (Å²) in [5, 5.41) is 8.88. The molecule has 0 amide bonds. The molecule has 9 heavy (non-hydrogen) atoms. The van der Waals surface area contributed by atoms with E-state index in [4.69, 9.17) is 10.8 Å². The van der Waals surface area contributed by atoms with E-state index in [2.05, 4.69) is 0 Å². The SMILES string of the molecule is CCC(C)(CO)C(C)N. The molecule has 56 valence electrons. The monoisotopic (exact) mass is 131 g/mol. The predicted molar refractivity (Wildman–Crippen MR) is 39.1 cm³/mol. The molecule has 0 aliphatic carbocycles. The van der Waals surface area contributed by atoms with Crippen LogP contribution in [-0.2, 0) is 0 Å². The Bertz CT molecular complexity index is 77.0. The average Bonchev–Trinajstić information content (AvgIpc) is 1.86. The van der Waals surface area contributed by atoms with E-state index >= 15 is 0 Å². The number of hydrogen-bond donors (Lipinski definition) is 2. The molecular formula is C7H17NO. The molecule has 0 fully saturated rings. The van der Waals surface area contributed by atoms with Crippen molar-refractivity contribution in [1.29, 1.82) is 0 Å². The molecule has 0 rings (SSSR count). The summed E-state index contributed by atoms with van der Waals surface area (Å²) in [6.07, 6.45) is 0.932. The lowest BCUT2D eigenvalue weighted by molar-refractivity contribution is 0.116. The van der Waals surface area contributed by atoms with Gasteiger partial charge in [0.1, 0.15) is 0 Å². The third-order valence-electron chi connectivity index (χ3n) is 2.27. The fourth-order valence-electron chi connectivity index (χ4n) is 0.578. The summed E-state index contributed by atoms with van der Waals surface area (Å²) in [6, 6.07) is 0.0764. The molecule has 0 aromatic heterocycles. The molecule has 2 heteroatoms. The van der Waals surface area contributed by atoms with E-state index in [1.807, 2.05) is 20.8 Å². The zero-order chi connectivity index (χ0) is 7.49. The van der Waals surface area contributed by atoms with Crippen LogP contribution in [0.25, 0.3) is 0 Å². The largest absolute Gasteiger partial charge is 0.396 e. The van der Waals surface area contributed by atoms with Gasteiger partial charge in [0.15, 0.2) is 0 Å². The van der Waals surface area contributed by atoms with Crippen LogP contribution in [0.5, 0.6) is 0 Å². The summed E-state index contributed by atoms with van der Waals surface area (Å²) in [7, 11) is 0. The number of rotatable bonds is 3. The molecule has 0 aromatic carbocycles. The van der Waals surface area contributed by atoms with Crippen molar-refractivity contribution in [2.45, 2.75) is 33.2 Å². The first kappa shape index (κ1) is 8.92. The number of aliphatic hydroxyl groups excluding tert-OH is 1. The van der Waals surface area contributed by atoms with Crippen LogP contribution >= 0.6 is 0 Å². The third-order valence-corrected chi connectivity index (χ3v) is 2.27. The fraction of sp³-hybridized carbons (Fsp3) is 1.00. The van der Waals surface area contributed by atoms with Crippen molar-refractivity contribution in [1.82, 2.24) is 0 Å². The van der Waals surface area contributed by atoms with Crippen LogP contribution in [0.2, 0.25) is 0 Å². The first-order chi connectivity index (χ1) is 4.06. The summed E-state index contributed by atoms with van der Waals surface area (Å²) in [6.45, 7) is 6.15. The molecule has 0 aliphatic heterocycles. The molecule has 2 unspecified atom stereocenters. The van der Waals surface area contributed by atoms with Crippen LogP contribution in [0.1, 0.15) is 27.2 Å². The number of hydrogen-bond acceptors (Lipinski definition) is 2. The van der Waals surface area contributed by atoms with Crippen LogP contribution in [0.15, 0.2) is 0 Å². The molecule has 0 radical (unpaired) electrons. The molecule has 0 saturated heterocycles. The van der Waals surface area contributed by atoms with Crippen molar-refractivity contribution in [3.05, 3.63) is 0 Å². The van der Waals surface area contributed by atoms with Crippen molar-refractivity contribution in [3.8, 4) is 0 Å². The molecule has 3 N–H and O–H groups in total. The van der Waals surface area contributed by atoms with E-state index in [1.165, 1.54) is 0 Å². The first-order valence-corrected chi connectivity index (χ1v) is 3.43. The second kappa shape index (κ2) is 3.18. The Kier molecular flexibility index (Phi) is 3.15. The quantitative estimate of drug-likeness (QED) is 0.593. The maximum atomic E-state index is 8.88. The molecule has 2 atom stereocenters. The second-order valence-electron chi connectivity index (χ2n) is 2.95. The lowest BCUT2D eigenvalue weighted by Gasteiger charge is -2.29. The van der Waals surface area contributed by atoms with E-state index < -0.39 is 0 Å². The lowest BCUT2D eigenvalue weighted by atomic mass is 9.82. The molecule has 0 spiro atoms. The van der Waals surface area contributed by atoms with Gasteiger partial charge in [0, 0.05) is 18.1 Å². The Morgan fingerprint density at radius 1 is 1.67 bits per heavy atom. The van der Waals surface area contributed by atoms with Crippen LogP contribution in [-0.4, -0.2) is 17.8 Å². The molecule has 2 nitrogen and oxygen atoms in total. The molecule has 0 bridgehead atoms. The fourth-order valence-corrected chi connectivity index (χ4v) is 0.578. The Morgan fingerprint density at radius 2 is 2.11 bits per heavy atom. The van der Waals surface area contributed by atoms with Gasteiger partial charge < -0.3 is 10.8 Å². The van der Waals surface area contributed by atoms with Crippen molar-refractivity contribution in [2.75, 3.05) is 6.61 Å². The van der Waals surface area contributed by atoms with Gasteiger partial charge in [-0.05, 0) is 13.3 Å². The molecule has 0 aromatic rings. The molecule has 0 saturated carbocycles. The molecular weight excluding hydrogens is 114 g/mol. The Labute approximate surface area is 57.1 Å². The maximum absolute atomic E-state index is 8.88. The summed E-state index contributed by atoms with van der Waals surface area (Å²) >= 11 is 0. The van der Waals surface area contributed by atoms with Crippen molar-refractivity contribution < 1.29 is 5.11 Å². The Hall–Kier alpha value is -0.0800. The van der Waals surface area contributed by atoms with Gasteiger partial charge in [-0.3, -0.25) is 0 Å². The van der Waals surface area contributed by atoms with Gasteiger partial charge in [0.25, 0.3) is 0 Å². The van der Waals surface area contributed by atoms with Gasteiger partial charge in [0.2, 0.25) is 0 Å². The van der Waals surface area contributed by atoms with Gasteiger partial charge in [0.05, 0.1) is 0 Å². The lowest BCUT2D eigenvalue weighted by Crippen LogP contribution is -2.39. The highest BCUT2D eigenvalue weighted by Crippen LogP contribution is 2.22. The Balaban J connectivity index is 3.92. The average molecular weight is 131 g/mol. The topological polar surface area (TPSA) is 46.2 Å². The molecule has 0 aliphatic rings. The van der Waals surface area contributed by atoms with Crippen LogP contribution in [0.3, 0.4) is 0 Å². The minimum atomic E-state index is -0.0833. The zero-order valence-corrected chi connectivity index (χ0v) is 6.52. The highest BCUT2D eigenvalue weighted by Gasteiger charge is 2.25. The first-order valence-electron chi connectivity index (χ1n) is 3.43. The number of nitrogens with two attached hydrogens (primary N) is 1. The minimum Gasteiger partial charge on any atom is -0.396 e. The van der Waals surface area contributed by atoms with Crippen LogP contribution < -0.4 is 5.73 Å². The van der Waals surface area contributed by atoms with E-state index in [0.29, 0.717) is 0 Å². The van der Waals surface area contributed by atoms with Crippen LogP contribution in [0.4, 0.5) is 0 Å². The van der Waals surface area contributed by atoms with Crippen molar-refractivity contribution >= 4 is 0 Å². The van der Waals surface area contributed by atoms with E-state index in [0.717, 1.165) is 6.42 Å². The van der Waals surface area contributed by atoms with E-state index in [1.54, 1.807) is 0 Å². The standard InChI is InChI=1S/C7H17NO/c1-4-7(3,5-9)6(2)8/h6,9H,4-5,8H2,1-3H3. The van der Waals surface area contributed by atoms with E-state index in [-0.39, 0.29) is 18.1 Å². The van der Waals surface area contributed by atoms with E-state index in [9.17, 15) is 0 Å². The maximum Gasteiger partial charge on any atom is 0.0499 e. The van der Waals surface area contributed by atoms with Gasteiger partial charge in [-0.15, -0.1) is 0 Å². The van der Waals surface area contributed by atoms with Crippen LogP contribution in [0, 0.1) is 5.41 Å². The second-order valence-corrected chi connectivity index (χ2v) is 2.95. The summed E-state index contributed by atoms with van der Waals surface area (Å²) < 4.78 is 0. The van der Waals surface area contributed by atoms with Gasteiger partial charge in [-0.25, -0.2) is 0 Å². The van der Waals surface area contributed by atoms with Gasteiger partial charge >= 0.3 is 0 Å². The normalized spacial score (nSPS) is 21.0. The highest BCUT2D eigenvalue weighted by atomic mass is 16.3. The zero-order valence-electron chi connectivity index (χ0n) is 6.52. The minimum absolute atomic E-state index is 0.0764. The summed E-state index contributed by atoms with van der Waals surface area (Å²) in [5.74, 6) is 0. The Morgan fingerprint density at radius 3 is 2.11 bits per heavy atom. The van der Waals surface area contributed by atoms with Crippen molar-refractivity contribution in [2.24, 2.45) is 11.1 Å². The highest BCUT2D eigenvalue weighted by molar-refractivity contribution is 4.79. The summed E-state index contributed by atoms with van der Waals surface area (Å²) in [5.41, 5.74) is 5.55.